The van der Waals surface area contributed by atoms with E-state index in [1.807, 2.05) is 66.7 Å². The molecule has 1 unspecified atom stereocenters. The molecular formula is C24H33BN4O6. The monoisotopic (exact) mass is 484 g/mol. The van der Waals surface area contributed by atoms with Crippen LogP contribution in [-0.4, -0.2) is 57.0 Å². The number of hydrogen-bond acceptors (Lipinski definition) is 7. The molecule has 2 aliphatic heterocycles. The molecule has 1 atom stereocenters. The van der Waals surface area contributed by atoms with Crippen molar-refractivity contribution in [3.8, 4) is 0 Å². The van der Waals surface area contributed by atoms with Gasteiger partial charge in [-0.15, -0.1) is 0 Å². The average Bonchev–Trinajstić information content (AvgIpc) is 3.27. The molecule has 2 N–H and O–H groups in total. The fourth-order valence-electron chi connectivity index (χ4n) is 4.11. The zero-order valence-corrected chi connectivity index (χ0v) is 21.3. The first-order valence-electron chi connectivity index (χ1n) is 11.8. The summed E-state index contributed by atoms with van der Waals surface area (Å²) in [5, 5.41) is 16.5. The molecule has 0 bridgehead atoms. The van der Waals surface area contributed by atoms with Crippen LogP contribution < -0.4 is 10.8 Å². The van der Waals surface area contributed by atoms with Crippen molar-refractivity contribution in [3.63, 3.8) is 0 Å². The van der Waals surface area contributed by atoms with E-state index < -0.39 is 36.4 Å². The Labute approximate surface area is 205 Å². The Balaban J connectivity index is 1.62. The predicted molar refractivity (Wildman–Crippen MR) is 128 cm³/mol. The largest absolute Gasteiger partial charge is 0.494 e. The van der Waals surface area contributed by atoms with E-state index in [0.717, 1.165) is 16.6 Å². The molecule has 1 saturated heterocycles. The smallest absolute Gasteiger partial charge is 0.465 e. The Morgan fingerprint density at radius 3 is 2.40 bits per heavy atom. The molecule has 35 heavy (non-hydrogen) atoms. The molecule has 2 amide bonds. The van der Waals surface area contributed by atoms with E-state index in [2.05, 4.69) is 15.5 Å². The van der Waals surface area contributed by atoms with Crippen molar-refractivity contribution in [1.82, 2.24) is 20.4 Å². The van der Waals surface area contributed by atoms with Crippen molar-refractivity contribution in [3.05, 3.63) is 41.0 Å². The van der Waals surface area contributed by atoms with E-state index in [-0.39, 0.29) is 24.3 Å². The third-order valence-corrected chi connectivity index (χ3v) is 6.96. The molecule has 0 aliphatic carbocycles. The van der Waals surface area contributed by atoms with Gasteiger partial charge in [-0.1, -0.05) is 44.1 Å². The Hall–Kier alpha value is -2.92. The maximum absolute atomic E-state index is 12.9. The highest BCUT2D eigenvalue weighted by Gasteiger charge is 2.51. The summed E-state index contributed by atoms with van der Waals surface area (Å²) in [6, 6.07) is 5.29. The van der Waals surface area contributed by atoms with Crippen molar-refractivity contribution >= 4 is 24.6 Å². The van der Waals surface area contributed by atoms with E-state index >= 15 is 0 Å². The lowest BCUT2D eigenvalue weighted by Crippen LogP contribution is -2.41. The number of nitrogens with zero attached hydrogens (tertiary/aromatic N) is 3. The van der Waals surface area contributed by atoms with Gasteiger partial charge in [0, 0.05) is 18.5 Å². The van der Waals surface area contributed by atoms with Crippen LogP contribution >= 0.6 is 0 Å². The standard InChI is InChI=1S/C24H33BN4O6/c1-22(2,3)20-27-18(28-33-20)19(30)26-17-10-11-29(21(31)32)13-14-12-15(8-9-16(14)17)25-34-23(4,5)24(6,7)35-25/h8-9,12,17H,10-11,13H2,1-7H3,(H,26,30)(H,31,32). The average molecular weight is 484 g/mol. The van der Waals surface area contributed by atoms with E-state index in [9.17, 15) is 14.7 Å². The number of amides is 2. The quantitative estimate of drug-likeness (QED) is 0.637. The molecular weight excluding hydrogens is 451 g/mol. The summed E-state index contributed by atoms with van der Waals surface area (Å²) in [5.74, 6) is -0.156. The minimum atomic E-state index is -1.02. The second-order valence-corrected chi connectivity index (χ2v) is 11.2. The summed E-state index contributed by atoms with van der Waals surface area (Å²) in [6.45, 7) is 14.1. The van der Waals surface area contributed by atoms with Crippen LogP contribution in [0.3, 0.4) is 0 Å². The normalized spacial score (nSPS) is 21.4. The second-order valence-electron chi connectivity index (χ2n) is 11.2. The lowest BCUT2D eigenvalue weighted by atomic mass is 9.77. The number of nitrogens with one attached hydrogen (secondary N) is 1. The third kappa shape index (κ3) is 4.92. The number of carbonyl (C=O) groups is 2. The molecule has 2 aliphatic rings. The van der Waals surface area contributed by atoms with Gasteiger partial charge >= 0.3 is 13.2 Å². The van der Waals surface area contributed by atoms with Crippen molar-refractivity contribution in [2.45, 2.75) is 84.1 Å². The van der Waals surface area contributed by atoms with Crippen LogP contribution in [-0.2, 0) is 21.3 Å². The van der Waals surface area contributed by atoms with Gasteiger partial charge in [-0.05, 0) is 50.7 Å². The van der Waals surface area contributed by atoms with Gasteiger partial charge in [0.1, 0.15) is 0 Å². The molecule has 3 heterocycles. The lowest BCUT2D eigenvalue weighted by Gasteiger charge is -2.32. The SMILES string of the molecule is CC(C)(C)c1nc(C(=O)NC2CCN(C(=O)O)Cc3cc(B4OC(C)(C)C(C)(C)O4)ccc32)no1. The summed E-state index contributed by atoms with van der Waals surface area (Å²) >= 11 is 0. The van der Waals surface area contributed by atoms with Gasteiger partial charge < -0.3 is 29.2 Å². The van der Waals surface area contributed by atoms with E-state index in [1.165, 1.54) is 4.90 Å². The molecule has 1 aromatic heterocycles. The highest BCUT2D eigenvalue weighted by molar-refractivity contribution is 6.62. The molecule has 1 aromatic carbocycles. The van der Waals surface area contributed by atoms with E-state index in [1.54, 1.807) is 0 Å². The van der Waals surface area contributed by atoms with Crippen molar-refractivity contribution in [1.29, 1.82) is 0 Å². The third-order valence-electron chi connectivity index (χ3n) is 6.96. The first-order valence-corrected chi connectivity index (χ1v) is 11.8. The Bertz CT molecular complexity index is 1120. The van der Waals surface area contributed by atoms with Crippen LogP contribution in [0.1, 0.15) is 88.6 Å². The van der Waals surface area contributed by atoms with Gasteiger partial charge in [0.2, 0.25) is 5.89 Å². The molecule has 2 aromatic rings. The van der Waals surface area contributed by atoms with Crippen LogP contribution in [0.2, 0.25) is 0 Å². The van der Waals surface area contributed by atoms with Gasteiger partial charge in [0.15, 0.2) is 0 Å². The van der Waals surface area contributed by atoms with Crippen molar-refractivity contribution in [2.24, 2.45) is 0 Å². The molecule has 11 heteroatoms. The molecule has 1 fully saturated rings. The van der Waals surface area contributed by atoms with Gasteiger partial charge in [-0.3, -0.25) is 4.79 Å². The number of hydrogen-bond donors (Lipinski definition) is 2. The van der Waals surface area contributed by atoms with Crippen LogP contribution in [0, 0.1) is 0 Å². The molecule has 0 radical (unpaired) electrons. The summed E-state index contributed by atoms with van der Waals surface area (Å²) in [7, 11) is -0.574. The molecule has 10 nitrogen and oxygen atoms in total. The van der Waals surface area contributed by atoms with Gasteiger partial charge in [-0.2, -0.15) is 4.98 Å². The lowest BCUT2D eigenvalue weighted by molar-refractivity contribution is 0.00578. The summed E-state index contributed by atoms with van der Waals surface area (Å²) in [6.07, 6.45) is -0.609. The zero-order valence-electron chi connectivity index (χ0n) is 21.3. The number of carboxylic acid groups (broad SMARTS) is 1. The van der Waals surface area contributed by atoms with Crippen molar-refractivity contribution in [2.75, 3.05) is 6.54 Å². The van der Waals surface area contributed by atoms with Crippen molar-refractivity contribution < 1.29 is 28.5 Å². The zero-order chi connectivity index (χ0) is 25.8. The Kier molecular flexibility index (Phi) is 6.21. The minimum absolute atomic E-state index is 0.0512. The van der Waals surface area contributed by atoms with E-state index in [0.29, 0.717) is 12.3 Å². The molecule has 0 saturated carbocycles. The van der Waals surface area contributed by atoms with Gasteiger partial charge in [-0.25, -0.2) is 4.79 Å². The number of aromatic nitrogens is 2. The Morgan fingerprint density at radius 1 is 1.17 bits per heavy atom. The number of rotatable bonds is 3. The van der Waals surface area contributed by atoms with Crippen LogP contribution in [0.5, 0.6) is 0 Å². The minimum Gasteiger partial charge on any atom is -0.465 e. The fraction of sp³-hybridized carbons (Fsp3) is 0.583. The first-order chi connectivity index (χ1) is 16.2. The fourth-order valence-corrected chi connectivity index (χ4v) is 4.11. The van der Waals surface area contributed by atoms with E-state index in [4.69, 9.17) is 13.8 Å². The molecule has 0 spiro atoms. The summed E-state index contributed by atoms with van der Waals surface area (Å²) in [5.41, 5.74) is 1.04. The predicted octanol–water partition coefficient (Wildman–Crippen LogP) is 3.02. The Morgan fingerprint density at radius 2 is 1.83 bits per heavy atom. The maximum atomic E-state index is 12.9. The number of fused-ring (bicyclic) bond motifs is 1. The summed E-state index contributed by atoms with van der Waals surface area (Å²) in [4.78, 5) is 30.3. The topological polar surface area (TPSA) is 127 Å². The number of benzene rings is 1. The molecule has 188 valence electrons. The first kappa shape index (κ1) is 25.2. The second kappa shape index (κ2) is 8.63. The van der Waals surface area contributed by atoms with Crippen LogP contribution in [0.25, 0.3) is 0 Å². The highest BCUT2D eigenvalue weighted by atomic mass is 16.7. The summed E-state index contributed by atoms with van der Waals surface area (Å²) < 4.78 is 17.6. The van der Waals surface area contributed by atoms with Crippen LogP contribution in [0.15, 0.2) is 22.7 Å². The molecule has 4 rings (SSSR count). The highest BCUT2D eigenvalue weighted by Crippen LogP contribution is 2.37. The number of carbonyl (C=O) groups excluding carboxylic acids is 1. The van der Waals surface area contributed by atoms with Crippen LogP contribution in [0.4, 0.5) is 4.79 Å². The van der Waals surface area contributed by atoms with Gasteiger partial charge in [0.25, 0.3) is 11.7 Å². The van der Waals surface area contributed by atoms with Gasteiger partial charge in [0.05, 0.1) is 17.2 Å². The maximum Gasteiger partial charge on any atom is 0.494 e.